The lowest BCUT2D eigenvalue weighted by Gasteiger charge is -1.95. The Hall–Kier alpha value is -1.31. The number of fused-ring (bicyclic) bond motifs is 1. The highest BCUT2D eigenvalue weighted by atomic mass is 19.1. The summed E-state index contributed by atoms with van der Waals surface area (Å²) in [5.74, 6) is -0.359. The van der Waals surface area contributed by atoms with E-state index in [0.29, 0.717) is 5.56 Å². The maximum Gasteiger partial charge on any atom is 0.166 e. The fourth-order valence-electron chi connectivity index (χ4n) is 0.912. The first-order valence-electron chi connectivity index (χ1n) is 2.90. The Labute approximate surface area is 57.4 Å². The van der Waals surface area contributed by atoms with Gasteiger partial charge in [0.2, 0.25) is 0 Å². The molecule has 0 atom stereocenters. The zero-order valence-corrected chi connectivity index (χ0v) is 5.10. The Morgan fingerprint density at radius 2 is 2.30 bits per heavy atom. The Morgan fingerprint density at radius 1 is 1.40 bits per heavy atom. The summed E-state index contributed by atoms with van der Waals surface area (Å²) in [6.45, 7) is 0. The molecule has 0 aromatic rings. The maximum atomic E-state index is 12.7. The first-order valence-corrected chi connectivity index (χ1v) is 2.90. The van der Waals surface area contributed by atoms with Crippen LogP contribution in [-0.2, 0) is 0 Å². The molecule has 49 valence electrons. The third kappa shape index (κ3) is 0.620. The smallest absolute Gasteiger partial charge is 0.166 e. The van der Waals surface area contributed by atoms with Crippen molar-refractivity contribution in [3.8, 4) is 11.1 Å². The molecule has 0 spiro atoms. The zero-order chi connectivity index (χ0) is 6.97. The molecule has 2 aliphatic rings. The average Bonchev–Trinajstić information content (AvgIpc) is 2.36. The molecule has 0 N–H and O–H groups in total. The molecule has 2 rings (SSSR count). The van der Waals surface area contributed by atoms with Crippen molar-refractivity contribution in [2.45, 2.75) is 0 Å². The highest BCUT2D eigenvalue weighted by Crippen LogP contribution is 2.24. The summed E-state index contributed by atoms with van der Waals surface area (Å²) in [6, 6.07) is 6.17. The lowest BCUT2D eigenvalue weighted by molar-refractivity contribution is 0.494. The third-order valence-electron chi connectivity index (χ3n) is 1.38. The minimum atomic E-state index is -0.359. The second kappa shape index (κ2) is 1.84. The quantitative estimate of drug-likeness (QED) is 0.540. The predicted molar refractivity (Wildman–Crippen MR) is 34.1 cm³/mol. The van der Waals surface area contributed by atoms with Crippen LogP contribution in [0.2, 0.25) is 0 Å². The summed E-state index contributed by atoms with van der Waals surface area (Å²) >= 11 is 0. The zero-order valence-electron chi connectivity index (χ0n) is 5.10. The first kappa shape index (κ1) is 5.47. The summed E-state index contributed by atoms with van der Waals surface area (Å²) in [7, 11) is 0. The van der Waals surface area contributed by atoms with Crippen molar-refractivity contribution >= 4 is 0 Å². The van der Waals surface area contributed by atoms with Crippen LogP contribution in [0, 0.1) is 11.9 Å². The third-order valence-corrected chi connectivity index (χ3v) is 1.38. The molecular weight excluding hydrogens is 131 g/mol. The van der Waals surface area contributed by atoms with Gasteiger partial charge in [0.15, 0.2) is 5.82 Å². The van der Waals surface area contributed by atoms with Gasteiger partial charge in [0.1, 0.15) is 6.26 Å². The van der Waals surface area contributed by atoms with E-state index in [2.05, 4.69) is 10.5 Å². The fourth-order valence-corrected chi connectivity index (χ4v) is 0.912. The Balaban J connectivity index is 2.80. The van der Waals surface area contributed by atoms with Gasteiger partial charge in [-0.1, -0.05) is 12.1 Å². The fraction of sp³-hybridized carbons (Fsp3) is 0. The van der Waals surface area contributed by atoms with Crippen LogP contribution in [0.3, 0.4) is 0 Å². The highest BCUT2D eigenvalue weighted by Gasteiger charge is 2.07. The topological polar surface area (TPSA) is 13.1 Å². The summed E-state index contributed by atoms with van der Waals surface area (Å²) in [6.07, 6.45) is 2.56. The van der Waals surface area contributed by atoms with Gasteiger partial charge in [-0.15, -0.1) is 0 Å². The normalized spacial score (nSPS) is 10.5. The van der Waals surface area contributed by atoms with Crippen molar-refractivity contribution in [3.63, 3.8) is 0 Å². The summed E-state index contributed by atoms with van der Waals surface area (Å²) in [5, 5.41) is 0. The van der Waals surface area contributed by atoms with E-state index < -0.39 is 0 Å². The van der Waals surface area contributed by atoms with Gasteiger partial charge in [-0.2, -0.15) is 0 Å². The molecule has 0 amide bonds. The second-order valence-corrected chi connectivity index (χ2v) is 2.03. The Bertz CT molecular complexity index is 313. The molecule has 1 aliphatic carbocycles. The molecular formula is C8H4FO. The molecule has 0 saturated heterocycles. The van der Waals surface area contributed by atoms with Crippen molar-refractivity contribution in [1.82, 2.24) is 0 Å². The lowest BCUT2D eigenvalue weighted by atomic mass is 10.2. The van der Waals surface area contributed by atoms with Crippen LogP contribution in [0.4, 0.5) is 4.39 Å². The van der Waals surface area contributed by atoms with E-state index in [-0.39, 0.29) is 5.82 Å². The maximum absolute atomic E-state index is 12.7. The number of halogens is 1. The molecule has 0 aromatic carbocycles. The standard InChI is InChI=1S/C8H4FO/c9-8-5-10-4-6-2-1-3-7(6)8/h1-2,4-5H. The van der Waals surface area contributed by atoms with E-state index >= 15 is 0 Å². The van der Waals surface area contributed by atoms with Crippen LogP contribution in [-0.4, -0.2) is 0 Å². The summed E-state index contributed by atoms with van der Waals surface area (Å²) in [4.78, 5) is 0. The first-order chi connectivity index (χ1) is 4.88. The summed E-state index contributed by atoms with van der Waals surface area (Å²) < 4.78 is 17.4. The lowest BCUT2D eigenvalue weighted by Crippen LogP contribution is -1.78. The number of hydrogen-bond acceptors (Lipinski definition) is 1. The predicted octanol–water partition coefficient (Wildman–Crippen LogP) is 2.32. The van der Waals surface area contributed by atoms with Crippen LogP contribution >= 0.6 is 0 Å². The van der Waals surface area contributed by atoms with E-state index in [9.17, 15) is 4.39 Å². The number of rotatable bonds is 0. The Morgan fingerprint density at radius 3 is 3.10 bits per heavy atom. The van der Waals surface area contributed by atoms with Crippen molar-refractivity contribution < 1.29 is 8.81 Å². The molecule has 1 heterocycles. The molecule has 2 heteroatoms. The van der Waals surface area contributed by atoms with Crippen LogP contribution in [0.25, 0.3) is 11.1 Å². The van der Waals surface area contributed by atoms with Gasteiger partial charge in [0.25, 0.3) is 0 Å². The largest absolute Gasteiger partial charge is 0.469 e. The average molecular weight is 135 g/mol. The molecule has 0 aromatic heterocycles. The minimum absolute atomic E-state index is 0.359. The van der Waals surface area contributed by atoms with Crippen molar-refractivity contribution in [1.29, 1.82) is 0 Å². The van der Waals surface area contributed by atoms with Crippen LogP contribution in [0.1, 0.15) is 0 Å². The van der Waals surface area contributed by atoms with Gasteiger partial charge < -0.3 is 4.42 Å². The van der Waals surface area contributed by atoms with Gasteiger partial charge in [0.05, 0.1) is 6.26 Å². The van der Waals surface area contributed by atoms with Crippen LogP contribution in [0.5, 0.6) is 0 Å². The molecule has 0 bridgehead atoms. The second-order valence-electron chi connectivity index (χ2n) is 2.03. The number of hydrogen-bond donors (Lipinski definition) is 0. The summed E-state index contributed by atoms with van der Waals surface area (Å²) in [5.41, 5.74) is 1.24. The van der Waals surface area contributed by atoms with Gasteiger partial charge in [0, 0.05) is 11.1 Å². The monoisotopic (exact) mass is 135 g/mol. The van der Waals surface area contributed by atoms with Crippen LogP contribution < -0.4 is 0 Å². The van der Waals surface area contributed by atoms with Crippen molar-refractivity contribution in [2.75, 3.05) is 0 Å². The minimum Gasteiger partial charge on any atom is -0.469 e. The van der Waals surface area contributed by atoms with Gasteiger partial charge in [-0.05, 0) is 6.07 Å². The van der Waals surface area contributed by atoms with E-state index in [1.54, 1.807) is 12.1 Å². The van der Waals surface area contributed by atoms with Crippen molar-refractivity contribution in [2.24, 2.45) is 0 Å². The Kier molecular flexibility index (Phi) is 1.01. The van der Waals surface area contributed by atoms with Gasteiger partial charge in [-0.25, -0.2) is 4.39 Å². The van der Waals surface area contributed by atoms with Gasteiger partial charge in [-0.3, -0.25) is 0 Å². The molecule has 0 fully saturated rings. The van der Waals surface area contributed by atoms with E-state index in [0.717, 1.165) is 11.8 Å². The molecule has 0 unspecified atom stereocenters. The molecule has 1 nitrogen and oxygen atoms in total. The molecule has 10 heavy (non-hydrogen) atoms. The molecule has 1 radical (unpaired) electrons. The van der Waals surface area contributed by atoms with Gasteiger partial charge >= 0.3 is 0 Å². The molecule has 1 aliphatic heterocycles. The van der Waals surface area contributed by atoms with Crippen LogP contribution in [0.15, 0.2) is 29.1 Å². The van der Waals surface area contributed by atoms with E-state index in [1.165, 1.54) is 6.26 Å². The highest BCUT2D eigenvalue weighted by molar-refractivity contribution is 5.64. The van der Waals surface area contributed by atoms with E-state index in [1.807, 2.05) is 0 Å². The van der Waals surface area contributed by atoms with E-state index in [4.69, 9.17) is 0 Å². The SMILES string of the molecule is Fc1cocc2cc[c]c1-2. The molecule has 0 saturated carbocycles. The van der Waals surface area contributed by atoms with Crippen molar-refractivity contribution in [3.05, 3.63) is 36.5 Å².